The van der Waals surface area contributed by atoms with E-state index in [4.69, 9.17) is 19.5 Å². The van der Waals surface area contributed by atoms with Gasteiger partial charge in [-0.25, -0.2) is 4.98 Å². The van der Waals surface area contributed by atoms with Gasteiger partial charge in [0.15, 0.2) is 16.9 Å². The molecule has 1 unspecified atom stereocenters. The first kappa shape index (κ1) is 23.3. The maximum Gasteiger partial charge on any atom is 0.333 e. The number of rotatable bonds is 13. The molecule has 33 heavy (non-hydrogen) atoms. The highest BCUT2D eigenvalue weighted by Gasteiger charge is 2.32. The van der Waals surface area contributed by atoms with Crippen LogP contribution in [0.4, 0.5) is 5.95 Å². The van der Waals surface area contributed by atoms with Gasteiger partial charge in [-0.05, 0) is 18.4 Å². The Kier molecular flexibility index (Phi) is 7.34. The first-order valence-corrected chi connectivity index (χ1v) is 12.4. The molecule has 12 heteroatoms. The lowest BCUT2D eigenvalue weighted by Crippen LogP contribution is -2.15. The molecule has 176 valence electrons. The molecule has 1 aliphatic rings. The van der Waals surface area contributed by atoms with E-state index in [-0.39, 0.29) is 55.8 Å². The van der Waals surface area contributed by atoms with Gasteiger partial charge >= 0.3 is 7.60 Å². The van der Waals surface area contributed by atoms with Crippen LogP contribution < -0.4 is 11.3 Å². The Morgan fingerprint density at radius 3 is 2.76 bits per heavy atom. The molecule has 1 saturated carbocycles. The summed E-state index contributed by atoms with van der Waals surface area (Å²) in [5.41, 5.74) is 6.59. The van der Waals surface area contributed by atoms with Gasteiger partial charge in [0.25, 0.3) is 5.56 Å². The van der Waals surface area contributed by atoms with Crippen LogP contribution >= 0.6 is 7.60 Å². The number of H-pyrrole nitrogens is 1. The number of ether oxygens (including phenoxy) is 1. The zero-order valence-corrected chi connectivity index (χ0v) is 18.9. The second kappa shape index (κ2) is 10.4. The van der Waals surface area contributed by atoms with Crippen LogP contribution in [0.2, 0.25) is 0 Å². The number of nitrogens with one attached hydrogen (secondary N) is 1. The first-order chi connectivity index (χ1) is 15.9. The van der Waals surface area contributed by atoms with Gasteiger partial charge in [0, 0.05) is 12.5 Å². The highest BCUT2D eigenvalue weighted by Crippen LogP contribution is 2.49. The summed E-state index contributed by atoms with van der Waals surface area (Å²) in [5, 5.41) is 0. The van der Waals surface area contributed by atoms with Crippen LogP contribution in [0.15, 0.2) is 41.5 Å². The molecule has 1 aromatic carbocycles. The third-order valence-electron chi connectivity index (χ3n) is 5.19. The van der Waals surface area contributed by atoms with Crippen LogP contribution in [0.5, 0.6) is 0 Å². The number of carbonyl (C=O) groups excluding carboxylic acids is 1. The zero-order valence-electron chi connectivity index (χ0n) is 18.0. The Balaban J connectivity index is 1.29. The minimum Gasteiger partial charge on any atom is -0.379 e. The molecule has 3 N–H and O–H groups in total. The Hall–Kier alpha value is -2.85. The number of fused-ring (bicyclic) bond motifs is 1. The number of imidazole rings is 1. The summed E-state index contributed by atoms with van der Waals surface area (Å²) in [6, 6.07) is 9.32. The Morgan fingerprint density at radius 2 is 2.00 bits per heavy atom. The summed E-state index contributed by atoms with van der Waals surface area (Å²) < 4.78 is 31.6. The number of nitrogens with zero attached hydrogens (tertiary/aromatic N) is 3. The normalized spacial score (nSPS) is 15.5. The standard InChI is InChI=1S/C21H26N5O6P/c22-21-24-19-18(20(28)25-21)23-14-26(19)8-9-30-10-11-33(29,32-13-17(27)16-6-7-16)31-12-15-4-2-1-3-5-15/h1-5,14,16H,6-13H2,(H3,22,24,25,28). The van der Waals surface area contributed by atoms with E-state index in [9.17, 15) is 14.2 Å². The minimum atomic E-state index is -3.54. The average Bonchev–Trinajstić information content (AvgIpc) is 3.58. The van der Waals surface area contributed by atoms with Crippen LogP contribution in [0, 0.1) is 5.92 Å². The van der Waals surface area contributed by atoms with Crippen molar-refractivity contribution in [2.45, 2.75) is 26.0 Å². The number of aromatic amines is 1. The maximum absolute atomic E-state index is 13.2. The van der Waals surface area contributed by atoms with E-state index in [2.05, 4.69) is 15.0 Å². The van der Waals surface area contributed by atoms with Gasteiger partial charge in [-0.3, -0.25) is 19.1 Å². The van der Waals surface area contributed by atoms with Crippen LogP contribution in [0.1, 0.15) is 18.4 Å². The number of nitrogens with two attached hydrogens (primary N) is 1. The lowest BCUT2D eigenvalue weighted by Gasteiger charge is -2.18. The van der Waals surface area contributed by atoms with Crippen LogP contribution in [0.3, 0.4) is 0 Å². The third-order valence-corrected chi connectivity index (χ3v) is 6.96. The minimum absolute atomic E-state index is 0.00423. The number of Topliss-reactive ketones (excluding diaryl/α,β-unsaturated/α-hetero) is 1. The Labute approximate surface area is 189 Å². The molecule has 1 fully saturated rings. The zero-order chi connectivity index (χ0) is 23.3. The predicted molar refractivity (Wildman–Crippen MR) is 121 cm³/mol. The Bertz CT molecular complexity index is 1210. The van der Waals surface area contributed by atoms with E-state index in [1.54, 1.807) is 4.57 Å². The average molecular weight is 475 g/mol. The molecule has 0 amide bonds. The molecule has 0 spiro atoms. The number of carbonyl (C=O) groups is 1. The van der Waals surface area contributed by atoms with Crippen molar-refractivity contribution in [1.29, 1.82) is 0 Å². The van der Waals surface area contributed by atoms with E-state index in [0.717, 1.165) is 18.4 Å². The van der Waals surface area contributed by atoms with E-state index < -0.39 is 13.2 Å². The quantitative estimate of drug-likeness (QED) is 0.280. The molecule has 2 aromatic heterocycles. The molecule has 11 nitrogen and oxygen atoms in total. The van der Waals surface area contributed by atoms with Crippen molar-refractivity contribution < 1.29 is 23.1 Å². The molecule has 0 radical (unpaired) electrons. The van der Waals surface area contributed by atoms with Gasteiger partial charge in [0.1, 0.15) is 6.61 Å². The van der Waals surface area contributed by atoms with Gasteiger partial charge in [-0.2, -0.15) is 4.98 Å². The number of anilines is 1. The lowest BCUT2D eigenvalue weighted by atomic mass is 10.2. The van der Waals surface area contributed by atoms with Crippen molar-refractivity contribution in [3.63, 3.8) is 0 Å². The number of ketones is 1. The number of aromatic nitrogens is 4. The molecule has 0 aliphatic heterocycles. The fourth-order valence-electron chi connectivity index (χ4n) is 3.17. The summed E-state index contributed by atoms with van der Waals surface area (Å²) >= 11 is 0. The highest BCUT2D eigenvalue weighted by atomic mass is 31.2. The fraction of sp³-hybridized carbons (Fsp3) is 0.429. The number of hydrogen-bond donors (Lipinski definition) is 2. The number of benzene rings is 1. The molecule has 4 rings (SSSR count). The van der Waals surface area contributed by atoms with Crippen LogP contribution in [-0.4, -0.2) is 51.3 Å². The van der Waals surface area contributed by atoms with Crippen molar-refractivity contribution in [2.75, 3.05) is 31.7 Å². The fourth-order valence-corrected chi connectivity index (χ4v) is 4.53. The predicted octanol–water partition coefficient (Wildman–Crippen LogP) is 2.12. The molecule has 2 heterocycles. The summed E-state index contributed by atoms with van der Waals surface area (Å²) in [7, 11) is -3.54. The topological polar surface area (TPSA) is 151 Å². The van der Waals surface area contributed by atoms with E-state index in [1.165, 1.54) is 6.33 Å². The molecule has 1 aliphatic carbocycles. The van der Waals surface area contributed by atoms with Gasteiger partial charge in [0.05, 0.1) is 32.3 Å². The van der Waals surface area contributed by atoms with Crippen molar-refractivity contribution >= 4 is 30.5 Å². The summed E-state index contributed by atoms with van der Waals surface area (Å²) in [6.45, 7) is 0.604. The van der Waals surface area contributed by atoms with Gasteiger partial charge in [-0.15, -0.1) is 0 Å². The largest absolute Gasteiger partial charge is 0.379 e. The first-order valence-electron chi connectivity index (χ1n) is 10.7. The second-order valence-electron chi connectivity index (χ2n) is 7.78. The Morgan fingerprint density at radius 1 is 1.21 bits per heavy atom. The van der Waals surface area contributed by atoms with Crippen molar-refractivity contribution in [2.24, 2.45) is 5.92 Å². The van der Waals surface area contributed by atoms with Gasteiger partial charge < -0.3 is 24.1 Å². The molecule has 1 atom stereocenters. The van der Waals surface area contributed by atoms with Crippen molar-refractivity contribution in [3.05, 3.63) is 52.6 Å². The summed E-state index contributed by atoms with van der Waals surface area (Å²) in [5.74, 6) is -0.0264. The van der Waals surface area contributed by atoms with Crippen LogP contribution in [-0.2, 0) is 36.3 Å². The van der Waals surface area contributed by atoms with Gasteiger partial charge in [-0.1, -0.05) is 30.3 Å². The van der Waals surface area contributed by atoms with E-state index in [0.29, 0.717) is 12.2 Å². The molecule has 3 aromatic rings. The molecular weight excluding hydrogens is 449 g/mol. The van der Waals surface area contributed by atoms with Crippen molar-refractivity contribution in [1.82, 2.24) is 19.5 Å². The summed E-state index contributed by atoms with van der Waals surface area (Å²) in [4.78, 5) is 34.4. The van der Waals surface area contributed by atoms with E-state index >= 15 is 0 Å². The molecule has 0 bridgehead atoms. The van der Waals surface area contributed by atoms with Crippen LogP contribution in [0.25, 0.3) is 11.2 Å². The molecular formula is C21H26N5O6P. The van der Waals surface area contributed by atoms with Gasteiger partial charge in [0.2, 0.25) is 5.95 Å². The number of nitrogen functional groups attached to an aromatic ring is 1. The lowest BCUT2D eigenvalue weighted by molar-refractivity contribution is -0.122. The van der Waals surface area contributed by atoms with E-state index in [1.807, 2.05) is 30.3 Å². The monoisotopic (exact) mass is 475 g/mol. The maximum atomic E-state index is 13.2. The SMILES string of the molecule is Nc1nc2c(ncn2CCOCCP(=O)(OCC(=O)C2CC2)OCc2ccccc2)c(=O)[nH]1. The highest BCUT2D eigenvalue weighted by molar-refractivity contribution is 7.53. The number of hydrogen-bond acceptors (Lipinski definition) is 9. The third kappa shape index (κ3) is 6.35. The van der Waals surface area contributed by atoms with Crippen molar-refractivity contribution in [3.8, 4) is 0 Å². The smallest absolute Gasteiger partial charge is 0.333 e. The summed E-state index contributed by atoms with van der Waals surface area (Å²) in [6.07, 6.45) is 3.20. The molecule has 0 saturated heterocycles. The second-order valence-corrected chi connectivity index (χ2v) is 9.97.